The summed E-state index contributed by atoms with van der Waals surface area (Å²) in [5.41, 5.74) is 1.92. The van der Waals surface area contributed by atoms with Crippen LogP contribution in [0.1, 0.15) is 5.82 Å². The fraction of sp³-hybridized carbons (Fsp3) is 0.250. The van der Waals surface area contributed by atoms with E-state index >= 15 is 0 Å². The van der Waals surface area contributed by atoms with E-state index in [2.05, 4.69) is 40.2 Å². The number of anilines is 2. The third-order valence-corrected chi connectivity index (χ3v) is 8.60. The predicted octanol–water partition coefficient (Wildman–Crippen LogP) is 2.65. The van der Waals surface area contributed by atoms with Crippen molar-refractivity contribution in [2.75, 3.05) is 5.32 Å². The van der Waals surface area contributed by atoms with Gasteiger partial charge in [0.15, 0.2) is 0 Å². The Hall–Kier alpha value is -1.96. The Labute approximate surface area is 139 Å². The van der Waals surface area contributed by atoms with E-state index in [9.17, 15) is 0 Å². The topological polar surface area (TPSA) is 68.5 Å². The molecule has 0 spiro atoms. The molecule has 1 aromatic carbocycles. The molecule has 23 heavy (non-hydrogen) atoms. The van der Waals surface area contributed by atoms with Crippen molar-refractivity contribution in [1.82, 2.24) is 24.7 Å². The van der Waals surface area contributed by atoms with Gasteiger partial charge in [-0.1, -0.05) is 0 Å². The van der Waals surface area contributed by atoms with Crippen LogP contribution in [0.5, 0.6) is 0 Å². The molecule has 6 nitrogen and oxygen atoms in total. The van der Waals surface area contributed by atoms with Crippen LogP contribution >= 0.6 is 0 Å². The summed E-state index contributed by atoms with van der Waals surface area (Å²) >= 11 is -2.18. The van der Waals surface area contributed by atoms with Gasteiger partial charge in [0.05, 0.1) is 0 Å². The Kier molecular flexibility index (Phi) is 4.34. The molecule has 0 aliphatic carbocycles. The van der Waals surface area contributed by atoms with Gasteiger partial charge in [-0.3, -0.25) is 0 Å². The van der Waals surface area contributed by atoms with Gasteiger partial charge in [0.2, 0.25) is 0 Å². The van der Waals surface area contributed by atoms with Crippen molar-refractivity contribution in [3.8, 4) is 5.69 Å². The summed E-state index contributed by atoms with van der Waals surface area (Å²) in [6, 6.07) is 10.00. The van der Waals surface area contributed by atoms with E-state index in [-0.39, 0.29) is 0 Å². The van der Waals surface area contributed by atoms with Crippen LogP contribution < -0.4 is 9.03 Å². The van der Waals surface area contributed by atoms with Crippen LogP contribution in [0, 0.1) is 6.92 Å². The summed E-state index contributed by atoms with van der Waals surface area (Å²) in [6.07, 6.45) is 3.54. The van der Waals surface area contributed by atoms with E-state index < -0.39 is 18.4 Å². The first-order chi connectivity index (χ1) is 10.9. The first kappa shape index (κ1) is 15.9. The number of nitrogens with one attached hydrogen (secondary N) is 1. The van der Waals surface area contributed by atoms with Gasteiger partial charge in [-0.2, -0.15) is 0 Å². The molecule has 0 aliphatic rings. The van der Waals surface area contributed by atoms with Gasteiger partial charge in [0.25, 0.3) is 0 Å². The zero-order chi connectivity index (χ0) is 16.4. The minimum absolute atomic E-state index is 0.651. The third kappa shape index (κ3) is 3.87. The van der Waals surface area contributed by atoms with Gasteiger partial charge in [0.1, 0.15) is 0 Å². The predicted molar refractivity (Wildman–Crippen MR) is 94.4 cm³/mol. The zero-order valence-electron chi connectivity index (χ0n) is 13.8. The van der Waals surface area contributed by atoms with E-state index in [1.165, 1.54) is 3.71 Å². The van der Waals surface area contributed by atoms with Crippen LogP contribution in [0.25, 0.3) is 5.69 Å². The fourth-order valence-electron chi connectivity index (χ4n) is 2.13. The Balaban J connectivity index is 1.79. The van der Waals surface area contributed by atoms with Gasteiger partial charge in [-0.25, -0.2) is 0 Å². The minimum atomic E-state index is -2.18. The molecule has 0 aliphatic heterocycles. The number of hydrogen-bond acceptors (Lipinski definition) is 5. The van der Waals surface area contributed by atoms with Crippen molar-refractivity contribution >= 4 is 33.7 Å². The molecule has 3 rings (SSSR count). The maximum absolute atomic E-state index is 4.67. The maximum atomic E-state index is 4.67. The summed E-state index contributed by atoms with van der Waals surface area (Å²) in [4.78, 5) is 20.1. The van der Waals surface area contributed by atoms with Crippen LogP contribution in [0.4, 0.5) is 11.6 Å². The molecule has 0 atom stereocenters. The zero-order valence-corrected chi connectivity index (χ0v) is 16.6. The fourth-order valence-corrected chi connectivity index (χ4v) is 5.03. The third-order valence-electron chi connectivity index (χ3n) is 3.42. The Bertz CT molecular complexity index is 804. The van der Waals surface area contributed by atoms with Crippen LogP contribution in [-0.2, 0) is 0 Å². The second kappa shape index (κ2) is 6.27. The van der Waals surface area contributed by atoms with Crippen molar-refractivity contribution in [3.63, 3.8) is 0 Å². The van der Waals surface area contributed by atoms with Crippen molar-refractivity contribution in [2.45, 2.75) is 21.7 Å². The van der Waals surface area contributed by atoms with Crippen LogP contribution in [0.3, 0.4) is 0 Å². The van der Waals surface area contributed by atoms with E-state index in [1.807, 2.05) is 43.5 Å². The van der Waals surface area contributed by atoms with Gasteiger partial charge in [-0.05, 0) is 0 Å². The monoisotopic (exact) mass is 416 g/mol. The average Bonchev–Trinajstić information content (AvgIpc) is 2.94. The molecular weight excluding hydrogens is 395 g/mol. The van der Waals surface area contributed by atoms with Crippen LogP contribution in [-0.4, -0.2) is 43.1 Å². The first-order valence-corrected chi connectivity index (χ1v) is 17.5. The second-order valence-corrected chi connectivity index (χ2v) is 20.7. The average molecular weight is 415 g/mol. The van der Waals surface area contributed by atoms with Gasteiger partial charge in [-0.15, -0.1) is 0 Å². The Morgan fingerprint density at radius 3 is 2.35 bits per heavy atom. The summed E-state index contributed by atoms with van der Waals surface area (Å²) in [5.74, 6) is 1.41. The van der Waals surface area contributed by atoms with Gasteiger partial charge >= 0.3 is 140 Å². The number of aromatic nitrogens is 5. The summed E-state index contributed by atoms with van der Waals surface area (Å²) in [6.45, 7) is 1.87. The molecular formula is C16H20N6Sn. The Morgan fingerprint density at radius 1 is 1.00 bits per heavy atom. The normalized spacial score (nSPS) is 11.5. The van der Waals surface area contributed by atoms with Crippen LogP contribution in [0.15, 0.2) is 42.9 Å². The van der Waals surface area contributed by atoms with E-state index in [1.54, 1.807) is 11.0 Å². The number of aryl methyl sites for hydroxylation is 1. The molecule has 118 valence electrons. The standard InChI is InChI=1S/C13H11N6.3CH3.Sn/c1-10-16-9-19(18-10)12-5-3-11(4-6-12)17-13-14-7-2-8-15-13;;;;/h2-7,9H,1H3,(H,14,15,17);3*1H3;. The summed E-state index contributed by atoms with van der Waals surface area (Å²) in [7, 11) is 0. The van der Waals surface area contributed by atoms with Crippen LogP contribution in [0.2, 0.25) is 14.8 Å². The van der Waals surface area contributed by atoms with Gasteiger partial charge < -0.3 is 0 Å². The number of benzene rings is 1. The van der Waals surface area contributed by atoms with Crippen molar-refractivity contribution < 1.29 is 0 Å². The number of nitrogens with zero attached hydrogens (tertiary/aromatic N) is 5. The first-order valence-electron chi connectivity index (χ1n) is 7.51. The molecule has 2 heterocycles. The van der Waals surface area contributed by atoms with E-state index in [0.717, 1.165) is 17.2 Å². The molecule has 0 bridgehead atoms. The van der Waals surface area contributed by atoms with E-state index in [4.69, 9.17) is 0 Å². The molecule has 0 fully saturated rings. The molecule has 1 N–H and O–H groups in total. The molecule has 7 heteroatoms. The van der Waals surface area contributed by atoms with Crippen molar-refractivity contribution in [3.05, 3.63) is 48.7 Å². The van der Waals surface area contributed by atoms with Crippen molar-refractivity contribution in [2.24, 2.45) is 0 Å². The van der Waals surface area contributed by atoms with Gasteiger partial charge in [0, 0.05) is 0 Å². The SMILES string of the molecule is Cc1ncn(-c2ccc(Nc3ncc[c]([Sn]([CH3])([CH3])[CH3])n3)cc2)n1. The molecule has 0 unspecified atom stereocenters. The molecule has 3 aromatic rings. The molecule has 0 saturated heterocycles. The summed E-state index contributed by atoms with van der Waals surface area (Å²) in [5, 5.41) is 7.57. The summed E-state index contributed by atoms with van der Waals surface area (Å²) < 4.78 is 2.97. The second-order valence-electron chi connectivity index (χ2n) is 6.42. The number of hydrogen-bond donors (Lipinski definition) is 1. The molecule has 0 saturated carbocycles. The van der Waals surface area contributed by atoms with Crippen molar-refractivity contribution in [1.29, 1.82) is 0 Å². The van der Waals surface area contributed by atoms with E-state index in [0.29, 0.717) is 5.95 Å². The molecule has 0 amide bonds. The molecule has 2 aromatic heterocycles. The number of rotatable bonds is 4. The molecule has 0 radical (unpaired) electrons. The quantitative estimate of drug-likeness (QED) is 0.664. The Morgan fingerprint density at radius 2 is 1.74 bits per heavy atom.